The van der Waals surface area contributed by atoms with Gasteiger partial charge in [0.15, 0.2) is 6.61 Å². The molecule has 0 aliphatic heterocycles. The number of ether oxygens (including phenoxy) is 2. The smallest absolute Gasteiger partial charge is 0.341 e. The number of nitriles is 1. The summed E-state index contributed by atoms with van der Waals surface area (Å²) in [4.78, 5) is 11.3. The van der Waals surface area contributed by atoms with Crippen molar-refractivity contribution >= 4 is 11.7 Å². The van der Waals surface area contributed by atoms with E-state index in [0.29, 0.717) is 5.69 Å². The highest BCUT2D eigenvalue weighted by Gasteiger charge is 2.12. The molecule has 78 valence electrons. The Balaban J connectivity index is 3.04. The fourth-order valence-corrected chi connectivity index (χ4v) is 1.05. The van der Waals surface area contributed by atoms with Gasteiger partial charge in [0.2, 0.25) is 0 Å². The third-order valence-electron chi connectivity index (χ3n) is 1.70. The molecule has 0 spiro atoms. The Morgan fingerprint density at radius 1 is 1.60 bits per heavy atom. The van der Waals surface area contributed by atoms with Crippen LogP contribution in [0.1, 0.15) is 10.4 Å². The van der Waals surface area contributed by atoms with Crippen molar-refractivity contribution in [2.24, 2.45) is 0 Å². The van der Waals surface area contributed by atoms with Crippen LogP contribution in [0.25, 0.3) is 0 Å². The number of hydrogen-bond donors (Lipinski definition) is 1. The second-order valence-corrected chi connectivity index (χ2v) is 2.69. The SMILES string of the molecule is COC(=O)c1ccc(N)cc1OCC#N. The maximum absolute atomic E-state index is 11.3. The van der Waals surface area contributed by atoms with Crippen LogP contribution in [-0.4, -0.2) is 19.7 Å². The summed E-state index contributed by atoms with van der Waals surface area (Å²) in [7, 11) is 1.27. The van der Waals surface area contributed by atoms with Gasteiger partial charge in [-0.3, -0.25) is 0 Å². The van der Waals surface area contributed by atoms with E-state index < -0.39 is 5.97 Å². The standard InChI is InChI=1S/C10H10N2O3/c1-14-10(13)8-3-2-7(12)6-9(8)15-5-4-11/h2-3,6H,5,12H2,1H3. The van der Waals surface area contributed by atoms with E-state index in [1.54, 1.807) is 12.1 Å². The second kappa shape index (κ2) is 4.86. The van der Waals surface area contributed by atoms with Crippen molar-refractivity contribution in [2.75, 3.05) is 19.5 Å². The van der Waals surface area contributed by atoms with Crippen LogP contribution in [0.15, 0.2) is 18.2 Å². The van der Waals surface area contributed by atoms with Crippen molar-refractivity contribution < 1.29 is 14.3 Å². The van der Waals surface area contributed by atoms with Crippen molar-refractivity contribution in [3.63, 3.8) is 0 Å². The Bertz CT molecular complexity index is 410. The van der Waals surface area contributed by atoms with E-state index in [-0.39, 0.29) is 17.9 Å². The van der Waals surface area contributed by atoms with Crippen LogP contribution in [0.3, 0.4) is 0 Å². The maximum Gasteiger partial charge on any atom is 0.341 e. The van der Waals surface area contributed by atoms with Gasteiger partial charge in [0.05, 0.1) is 7.11 Å². The van der Waals surface area contributed by atoms with E-state index in [4.69, 9.17) is 15.7 Å². The van der Waals surface area contributed by atoms with E-state index >= 15 is 0 Å². The predicted molar refractivity (Wildman–Crippen MR) is 53.3 cm³/mol. The van der Waals surface area contributed by atoms with Gasteiger partial charge in [-0.2, -0.15) is 5.26 Å². The molecule has 15 heavy (non-hydrogen) atoms. The summed E-state index contributed by atoms with van der Waals surface area (Å²) >= 11 is 0. The molecule has 1 aromatic rings. The molecule has 0 saturated carbocycles. The van der Waals surface area contributed by atoms with Gasteiger partial charge in [-0.1, -0.05) is 0 Å². The number of nitrogens with zero attached hydrogens (tertiary/aromatic N) is 1. The minimum atomic E-state index is -0.525. The molecule has 0 heterocycles. The van der Waals surface area contributed by atoms with E-state index in [1.807, 2.05) is 0 Å². The lowest BCUT2D eigenvalue weighted by molar-refractivity contribution is 0.0596. The lowest BCUT2D eigenvalue weighted by Gasteiger charge is -2.08. The summed E-state index contributed by atoms with van der Waals surface area (Å²) in [6.45, 7) is -0.145. The van der Waals surface area contributed by atoms with Gasteiger partial charge in [0.25, 0.3) is 0 Å². The fraction of sp³-hybridized carbons (Fsp3) is 0.200. The van der Waals surface area contributed by atoms with Crippen LogP contribution in [0.5, 0.6) is 5.75 Å². The summed E-state index contributed by atoms with van der Waals surface area (Å²) in [5, 5.41) is 8.36. The molecule has 0 unspecified atom stereocenters. The fourth-order valence-electron chi connectivity index (χ4n) is 1.05. The third-order valence-corrected chi connectivity index (χ3v) is 1.70. The molecule has 5 nitrogen and oxygen atoms in total. The van der Waals surface area contributed by atoms with Crippen LogP contribution in [0, 0.1) is 11.3 Å². The molecule has 0 aliphatic rings. The monoisotopic (exact) mass is 206 g/mol. The van der Waals surface area contributed by atoms with Crippen molar-refractivity contribution in [2.45, 2.75) is 0 Å². The number of rotatable bonds is 3. The van der Waals surface area contributed by atoms with Crippen molar-refractivity contribution in [3.05, 3.63) is 23.8 Å². The molecule has 0 radical (unpaired) electrons. The summed E-state index contributed by atoms with van der Waals surface area (Å²) < 4.78 is 9.60. The molecule has 0 saturated heterocycles. The molecule has 0 atom stereocenters. The van der Waals surface area contributed by atoms with E-state index in [0.717, 1.165) is 0 Å². The van der Waals surface area contributed by atoms with E-state index in [2.05, 4.69) is 4.74 Å². The van der Waals surface area contributed by atoms with Crippen LogP contribution in [0.2, 0.25) is 0 Å². The second-order valence-electron chi connectivity index (χ2n) is 2.69. The number of esters is 1. The first kappa shape index (κ1) is 10.9. The minimum absolute atomic E-state index is 0.145. The number of hydrogen-bond acceptors (Lipinski definition) is 5. The number of nitrogen functional groups attached to an aromatic ring is 1. The van der Waals surface area contributed by atoms with Crippen LogP contribution >= 0.6 is 0 Å². The Morgan fingerprint density at radius 2 is 2.33 bits per heavy atom. The molecule has 2 N–H and O–H groups in total. The maximum atomic E-state index is 11.3. The first-order valence-electron chi connectivity index (χ1n) is 4.16. The Kier molecular flexibility index (Phi) is 3.52. The van der Waals surface area contributed by atoms with Crippen molar-refractivity contribution in [1.82, 2.24) is 0 Å². The average molecular weight is 206 g/mol. The third kappa shape index (κ3) is 2.61. The number of anilines is 1. The van der Waals surface area contributed by atoms with E-state index in [9.17, 15) is 4.79 Å². The predicted octanol–water partition coefficient (Wildman–Crippen LogP) is 0.958. The zero-order chi connectivity index (χ0) is 11.3. The van der Waals surface area contributed by atoms with Crippen molar-refractivity contribution in [3.8, 4) is 11.8 Å². The topological polar surface area (TPSA) is 85.3 Å². The van der Waals surface area contributed by atoms with E-state index in [1.165, 1.54) is 19.2 Å². The largest absolute Gasteiger partial charge is 0.478 e. The molecule has 1 rings (SSSR count). The van der Waals surface area contributed by atoms with Gasteiger partial charge in [0.1, 0.15) is 17.4 Å². The zero-order valence-corrected chi connectivity index (χ0v) is 8.19. The number of carbonyl (C=O) groups is 1. The average Bonchev–Trinajstić information content (AvgIpc) is 2.25. The quantitative estimate of drug-likeness (QED) is 0.588. The Labute approximate surface area is 87.0 Å². The van der Waals surface area contributed by atoms with Gasteiger partial charge < -0.3 is 15.2 Å². The van der Waals surface area contributed by atoms with Gasteiger partial charge in [-0.15, -0.1) is 0 Å². The van der Waals surface area contributed by atoms with Gasteiger partial charge in [-0.25, -0.2) is 4.79 Å². The van der Waals surface area contributed by atoms with Gasteiger partial charge in [-0.05, 0) is 12.1 Å². The highest BCUT2D eigenvalue weighted by Crippen LogP contribution is 2.22. The number of nitrogens with two attached hydrogens (primary N) is 1. The first-order chi connectivity index (χ1) is 7.19. The minimum Gasteiger partial charge on any atom is -0.478 e. The summed E-state index contributed by atoms with van der Waals surface area (Å²) in [6, 6.07) is 6.34. The molecular formula is C10H10N2O3. The first-order valence-corrected chi connectivity index (χ1v) is 4.16. The molecular weight excluding hydrogens is 196 g/mol. The molecule has 0 aliphatic carbocycles. The van der Waals surface area contributed by atoms with Crippen LogP contribution in [0.4, 0.5) is 5.69 Å². The highest BCUT2D eigenvalue weighted by molar-refractivity contribution is 5.93. The molecule has 0 fully saturated rings. The zero-order valence-electron chi connectivity index (χ0n) is 8.19. The summed E-state index contributed by atoms with van der Waals surface area (Å²) in [5.41, 5.74) is 6.23. The molecule has 0 bridgehead atoms. The van der Waals surface area contributed by atoms with Gasteiger partial charge >= 0.3 is 5.97 Å². The van der Waals surface area contributed by atoms with Crippen LogP contribution in [-0.2, 0) is 4.74 Å². The molecule has 5 heteroatoms. The normalized spacial score (nSPS) is 9.07. The number of methoxy groups -OCH3 is 1. The summed E-state index contributed by atoms with van der Waals surface area (Å²) in [5.74, 6) is -0.272. The van der Waals surface area contributed by atoms with Crippen LogP contribution < -0.4 is 10.5 Å². The Morgan fingerprint density at radius 3 is 2.93 bits per heavy atom. The summed E-state index contributed by atoms with van der Waals surface area (Å²) in [6.07, 6.45) is 0. The number of benzene rings is 1. The molecule has 1 aromatic carbocycles. The molecule has 0 aromatic heterocycles. The highest BCUT2D eigenvalue weighted by atomic mass is 16.5. The number of carbonyl (C=O) groups excluding carboxylic acids is 1. The Hall–Kier alpha value is -2.22. The van der Waals surface area contributed by atoms with Crippen molar-refractivity contribution in [1.29, 1.82) is 5.26 Å². The lowest BCUT2D eigenvalue weighted by atomic mass is 10.2. The lowest BCUT2D eigenvalue weighted by Crippen LogP contribution is -2.06. The molecule has 0 amide bonds. The van der Waals surface area contributed by atoms with Gasteiger partial charge in [0, 0.05) is 11.8 Å².